The van der Waals surface area contributed by atoms with Gasteiger partial charge in [-0.1, -0.05) is 18.2 Å². The van der Waals surface area contributed by atoms with E-state index in [-0.39, 0.29) is 11.8 Å². The van der Waals surface area contributed by atoms with Crippen LogP contribution in [0, 0.1) is 0 Å². The maximum Gasteiger partial charge on any atom is 0.255 e. The van der Waals surface area contributed by atoms with E-state index >= 15 is 0 Å². The van der Waals surface area contributed by atoms with Crippen LogP contribution in [0.15, 0.2) is 54.6 Å². The number of carbonyl (C=O) groups excluding carboxylic acids is 2. The standard InChI is InChI=1S/C23H23N3O3/c1-15-22(27)24-12-5-13-26(15)23(28)19-14-21(16-8-10-17(29-2)11-9-16)25-20-7-4-3-6-18(19)20/h3-4,6-11,14-15H,5,12-13H2,1-2H3,(H,24,27). The Bertz CT molecular complexity index is 1060. The van der Waals surface area contributed by atoms with Crippen LogP contribution in [0.25, 0.3) is 22.2 Å². The molecule has 4 rings (SSSR count). The number of para-hydroxylation sites is 1. The fraction of sp³-hybridized carbons (Fsp3) is 0.261. The molecular weight excluding hydrogens is 366 g/mol. The van der Waals surface area contributed by atoms with Gasteiger partial charge in [-0.05, 0) is 49.7 Å². The highest BCUT2D eigenvalue weighted by molar-refractivity contribution is 6.08. The molecule has 148 valence electrons. The number of nitrogens with one attached hydrogen (secondary N) is 1. The fourth-order valence-corrected chi connectivity index (χ4v) is 3.64. The van der Waals surface area contributed by atoms with Gasteiger partial charge in [0.1, 0.15) is 11.8 Å². The van der Waals surface area contributed by atoms with Crippen molar-refractivity contribution in [3.05, 3.63) is 60.2 Å². The van der Waals surface area contributed by atoms with E-state index < -0.39 is 6.04 Å². The Morgan fingerprint density at radius 1 is 1.17 bits per heavy atom. The van der Waals surface area contributed by atoms with E-state index in [0.29, 0.717) is 24.3 Å². The van der Waals surface area contributed by atoms with Crippen LogP contribution in [0.2, 0.25) is 0 Å². The average Bonchev–Trinajstić information content (AvgIpc) is 2.93. The molecule has 2 amide bonds. The van der Waals surface area contributed by atoms with Gasteiger partial charge in [-0.2, -0.15) is 0 Å². The molecule has 29 heavy (non-hydrogen) atoms. The molecule has 0 bridgehead atoms. The van der Waals surface area contributed by atoms with Crippen molar-refractivity contribution in [1.29, 1.82) is 0 Å². The van der Waals surface area contributed by atoms with Gasteiger partial charge >= 0.3 is 0 Å². The van der Waals surface area contributed by atoms with Crippen molar-refractivity contribution >= 4 is 22.7 Å². The summed E-state index contributed by atoms with van der Waals surface area (Å²) < 4.78 is 5.23. The highest BCUT2D eigenvalue weighted by atomic mass is 16.5. The summed E-state index contributed by atoms with van der Waals surface area (Å²) >= 11 is 0. The molecule has 1 atom stereocenters. The molecule has 0 aliphatic carbocycles. The molecule has 1 fully saturated rings. The van der Waals surface area contributed by atoms with E-state index in [2.05, 4.69) is 5.32 Å². The Hall–Kier alpha value is -3.41. The second-order valence-electron chi connectivity index (χ2n) is 7.12. The van der Waals surface area contributed by atoms with Gasteiger partial charge in [0, 0.05) is 24.0 Å². The SMILES string of the molecule is COc1ccc(-c2cc(C(=O)N3CCCNC(=O)C3C)c3ccccc3n2)cc1. The van der Waals surface area contributed by atoms with Gasteiger partial charge in [-0.25, -0.2) is 4.98 Å². The zero-order chi connectivity index (χ0) is 20.4. The summed E-state index contributed by atoms with van der Waals surface area (Å²) in [6.45, 7) is 2.89. The zero-order valence-corrected chi connectivity index (χ0v) is 16.5. The smallest absolute Gasteiger partial charge is 0.255 e. The predicted octanol–water partition coefficient (Wildman–Crippen LogP) is 3.26. The number of benzene rings is 2. The minimum absolute atomic E-state index is 0.121. The lowest BCUT2D eigenvalue weighted by Gasteiger charge is -2.26. The molecule has 1 aromatic heterocycles. The van der Waals surface area contributed by atoms with Gasteiger partial charge in [0.25, 0.3) is 5.91 Å². The number of hydrogen-bond donors (Lipinski definition) is 1. The molecule has 2 heterocycles. The fourth-order valence-electron chi connectivity index (χ4n) is 3.64. The van der Waals surface area contributed by atoms with Gasteiger partial charge in [-0.15, -0.1) is 0 Å². The van der Waals surface area contributed by atoms with Gasteiger partial charge < -0.3 is 15.0 Å². The van der Waals surface area contributed by atoms with Crippen LogP contribution >= 0.6 is 0 Å². The van der Waals surface area contributed by atoms with Crippen LogP contribution in [0.3, 0.4) is 0 Å². The molecule has 6 heteroatoms. The van der Waals surface area contributed by atoms with E-state index in [4.69, 9.17) is 9.72 Å². The predicted molar refractivity (Wildman–Crippen MR) is 112 cm³/mol. The van der Waals surface area contributed by atoms with Crippen molar-refractivity contribution in [2.45, 2.75) is 19.4 Å². The number of ether oxygens (including phenoxy) is 1. The zero-order valence-electron chi connectivity index (χ0n) is 16.5. The monoisotopic (exact) mass is 389 g/mol. The third-order valence-electron chi connectivity index (χ3n) is 5.32. The third kappa shape index (κ3) is 3.66. The molecule has 1 aliphatic heterocycles. The number of nitrogens with zero attached hydrogens (tertiary/aromatic N) is 2. The van der Waals surface area contributed by atoms with E-state index in [9.17, 15) is 9.59 Å². The maximum atomic E-state index is 13.5. The number of fused-ring (bicyclic) bond motifs is 1. The Morgan fingerprint density at radius 3 is 2.69 bits per heavy atom. The molecule has 1 N–H and O–H groups in total. The average molecular weight is 389 g/mol. The van der Waals surface area contributed by atoms with Crippen LogP contribution in [0.4, 0.5) is 0 Å². The minimum Gasteiger partial charge on any atom is -0.497 e. The van der Waals surface area contributed by atoms with E-state index in [0.717, 1.165) is 28.6 Å². The lowest BCUT2D eigenvalue weighted by Crippen LogP contribution is -2.45. The van der Waals surface area contributed by atoms with Gasteiger partial charge in [0.15, 0.2) is 0 Å². The maximum absolute atomic E-state index is 13.5. The first-order valence-electron chi connectivity index (χ1n) is 9.71. The Morgan fingerprint density at radius 2 is 1.93 bits per heavy atom. The number of pyridine rings is 1. The van der Waals surface area contributed by atoms with E-state index in [1.165, 1.54) is 0 Å². The first kappa shape index (κ1) is 18.9. The summed E-state index contributed by atoms with van der Waals surface area (Å²) in [4.78, 5) is 32.2. The van der Waals surface area contributed by atoms with Crippen LogP contribution in [0.5, 0.6) is 5.75 Å². The Labute approximate surface area is 169 Å². The minimum atomic E-state index is -0.513. The van der Waals surface area contributed by atoms with Crippen LogP contribution in [-0.4, -0.2) is 47.9 Å². The van der Waals surface area contributed by atoms with Crippen LogP contribution in [-0.2, 0) is 4.79 Å². The van der Waals surface area contributed by atoms with Crippen molar-refractivity contribution in [1.82, 2.24) is 15.2 Å². The highest BCUT2D eigenvalue weighted by Crippen LogP contribution is 2.27. The number of carbonyl (C=O) groups is 2. The first-order chi connectivity index (χ1) is 14.1. The molecule has 1 saturated heterocycles. The van der Waals surface area contributed by atoms with Crippen LogP contribution in [0.1, 0.15) is 23.7 Å². The number of rotatable bonds is 3. The van der Waals surface area contributed by atoms with E-state index in [1.807, 2.05) is 54.6 Å². The molecule has 6 nitrogen and oxygen atoms in total. The van der Waals surface area contributed by atoms with Gasteiger partial charge in [-0.3, -0.25) is 9.59 Å². The second kappa shape index (κ2) is 7.91. The Kier molecular flexibility index (Phi) is 5.16. The van der Waals surface area contributed by atoms with Crippen LogP contribution < -0.4 is 10.1 Å². The lowest BCUT2D eigenvalue weighted by atomic mass is 10.0. The number of hydrogen-bond acceptors (Lipinski definition) is 4. The van der Waals surface area contributed by atoms with Crippen molar-refractivity contribution in [3.63, 3.8) is 0 Å². The van der Waals surface area contributed by atoms with E-state index in [1.54, 1.807) is 18.9 Å². The molecular formula is C23H23N3O3. The summed E-state index contributed by atoms with van der Waals surface area (Å²) in [6, 6.07) is 16.5. The third-order valence-corrected chi connectivity index (χ3v) is 5.32. The summed E-state index contributed by atoms with van der Waals surface area (Å²) in [5.41, 5.74) is 2.91. The highest BCUT2D eigenvalue weighted by Gasteiger charge is 2.29. The van der Waals surface area contributed by atoms with Crippen molar-refractivity contribution in [2.24, 2.45) is 0 Å². The molecule has 0 radical (unpaired) electrons. The number of amides is 2. The summed E-state index contributed by atoms with van der Waals surface area (Å²) in [5, 5.41) is 3.64. The van der Waals surface area contributed by atoms with Gasteiger partial charge in [0.05, 0.1) is 23.9 Å². The molecule has 0 saturated carbocycles. The number of aromatic nitrogens is 1. The second-order valence-corrected chi connectivity index (χ2v) is 7.12. The Balaban J connectivity index is 1.81. The number of methoxy groups -OCH3 is 1. The van der Waals surface area contributed by atoms with Crippen molar-refractivity contribution in [2.75, 3.05) is 20.2 Å². The molecule has 3 aromatic rings. The van der Waals surface area contributed by atoms with Gasteiger partial charge in [0.2, 0.25) is 5.91 Å². The van der Waals surface area contributed by atoms with Crippen molar-refractivity contribution in [3.8, 4) is 17.0 Å². The molecule has 0 spiro atoms. The summed E-state index contributed by atoms with van der Waals surface area (Å²) in [7, 11) is 1.62. The summed E-state index contributed by atoms with van der Waals surface area (Å²) in [6.07, 6.45) is 0.732. The van der Waals surface area contributed by atoms with Crippen molar-refractivity contribution < 1.29 is 14.3 Å². The topological polar surface area (TPSA) is 71.5 Å². The lowest BCUT2D eigenvalue weighted by molar-refractivity contribution is -0.124. The quantitative estimate of drug-likeness (QED) is 0.746. The summed E-state index contributed by atoms with van der Waals surface area (Å²) in [5.74, 6) is 0.489. The largest absolute Gasteiger partial charge is 0.497 e. The molecule has 1 aliphatic rings. The normalized spacial score (nSPS) is 17.0. The molecule has 2 aromatic carbocycles. The first-order valence-corrected chi connectivity index (χ1v) is 9.71. The molecule has 1 unspecified atom stereocenters.